The minimum atomic E-state index is -0.431. The van der Waals surface area contributed by atoms with E-state index in [9.17, 15) is 9.59 Å². The second kappa shape index (κ2) is 9.95. The number of carbonyl (C=O) groups excluding carboxylic acids is 2. The van der Waals surface area contributed by atoms with Crippen LogP contribution < -0.4 is 0 Å². The average molecular weight is 400 g/mol. The predicted octanol–water partition coefficient (Wildman–Crippen LogP) is 5.04. The molecule has 1 aliphatic carbocycles. The summed E-state index contributed by atoms with van der Waals surface area (Å²) in [5, 5.41) is 1.19. The summed E-state index contributed by atoms with van der Waals surface area (Å²) in [6.07, 6.45) is 6.86. The van der Waals surface area contributed by atoms with Crippen molar-refractivity contribution >= 4 is 22.8 Å². The Hall–Kier alpha value is -2.30. The molecule has 5 heteroatoms. The topological polar surface area (TPSA) is 68.4 Å². The maximum absolute atomic E-state index is 12.2. The van der Waals surface area contributed by atoms with Gasteiger partial charge < -0.3 is 14.5 Å². The lowest BCUT2D eigenvalue weighted by molar-refractivity contribution is -0.167. The summed E-state index contributed by atoms with van der Waals surface area (Å²) >= 11 is 0. The van der Waals surface area contributed by atoms with E-state index in [1.165, 1.54) is 17.4 Å². The van der Waals surface area contributed by atoms with E-state index in [1.807, 2.05) is 24.4 Å². The van der Waals surface area contributed by atoms with E-state index < -0.39 is 5.97 Å². The number of aryl methyl sites for hydroxylation is 1. The minimum Gasteiger partial charge on any atom is -0.460 e. The highest BCUT2D eigenvalue weighted by atomic mass is 16.6. The maximum Gasteiger partial charge on any atom is 0.344 e. The van der Waals surface area contributed by atoms with E-state index >= 15 is 0 Å². The molecule has 1 fully saturated rings. The van der Waals surface area contributed by atoms with Crippen LogP contribution in [0, 0.1) is 17.8 Å². The minimum absolute atomic E-state index is 0.0631. The van der Waals surface area contributed by atoms with Crippen LogP contribution in [0.3, 0.4) is 0 Å². The molecule has 5 nitrogen and oxygen atoms in total. The molecule has 2 aromatic rings. The Morgan fingerprint density at radius 1 is 1.17 bits per heavy atom. The molecule has 1 aromatic heterocycles. The van der Waals surface area contributed by atoms with Crippen LogP contribution in [0.25, 0.3) is 10.9 Å². The number of benzene rings is 1. The molecule has 3 unspecified atom stereocenters. The normalized spacial score (nSPS) is 22.0. The summed E-state index contributed by atoms with van der Waals surface area (Å²) < 4.78 is 10.8. The van der Waals surface area contributed by atoms with Gasteiger partial charge in [0.1, 0.15) is 6.10 Å². The highest BCUT2D eigenvalue weighted by molar-refractivity contribution is 5.83. The number of H-pyrrole nitrogens is 1. The van der Waals surface area contributed by atoms with Gasteiger partial charge in [0.2, 0.25) is 0 Å². The number of fused-ring (bicyclic) bond motifs is 1. The summed E-state index contributed by atoms with van der Waals surface area (Å²) in [5.41, 5.74) is 2.29. The molecule has 158 valence electrons. The van der Waals surface area contributed by atoms with E-state index in [0.717, 1.165) is 24.8 Å². The number of nitrogens with one attached hydrogen (secondary N) is 1. The smallest absolute Gasteiger partial charge is 0.344 e. The Morgan fingerprint density at radius 2 is 1.97 bits per heavy atom. The Balaban J connectivity index is 1.39. The Bertz CT molecular complexity index is 825. The van der Waals surface area contributed by atoms with Crippen LogP contribution in [0.2, 0.25) is 0 Å². The summed E-state index contributed by atoms with van der Waals surface area (Å²) in [6, 6.07) is 8.12. The number of hydrogen-bond donors (Lipinski definition) is 1. The molecule has 1 aromatic carbocycles. The van der Waals surface area contributed by atoms with Gasteiger partial charge in [-0.2, -0.15) is 0 Å². The van der Waals surface area contributed by atoms with Gasteiger partial charge in [-0.05, 0) is 55.1 Å². The van der Waals surface area contributed by atoms with Crippen molar-refractivity contribution in [3.63, 3.8) is 0 Å². The van der Waals surface area contributed by atoms with Gasteiger partial charge in [0, 0.05) is 23.5 Å². The van der Waals surface area contributed by atoms with Crippen molar-refractivity contribution in [1.29, 1.82) is 0 Å². The van der Waals surface area contributed by atoms with E-state index in [0.29, 0.717) is 30.6 Å². The van der Waals surface area contributed by atoms with Crippen molar-refractivity contribution < 1.29 is 19.1 Å². The third kappa shape index (κ3) is 5.84. The van der Waals surface area contributed by atoms with Crippen LogP contribution in [0.4, 0.5) is 0 Å². The zero-order chi connectivity index (χ0) is 20.8. The third-order valence-corrected chi connectivity index (χ3v) is 6.10. The van der Waals surface area contributed by atoms with Gasteiger partial charge in [-0.1, -0.05) is 45.4 Å². The molecule has 3 rings (SSSR count). The van der Waals surface area contributed by atoms with Crippen LogP contribution in [-0.2, 0) is 25.5 Å². The van der Waals surface area contributed by atoms with E-state index in [1.54, 1.807) is 0 Å². The molecule has 3 atom stereocenters. The molecular formula is C24H33NO4. The van der Waals surface area contributed by atoms with Gasteiger partial charge in [0.25, 0.3) is 0 Å². The van der Waals surface area contributed by atoms with Gasteiger partial charge >= 0.3 is 11.9 Å². The van der Waals surface area contributed by atoms with Crippen molar-refractivity contribution in [2.24, 2.45) is 17.8 Å². The fourth-order valence-electron chi connectivity index (χ4n) is 4.43. The lowest BCUT2D eigenvalue weighted by Gasteiger charge is -2.36. The summed E-state index contributed by atoms with van der Waals surface area (Å²) in [7, 11) is 0. The summed E-state index contributed by atoms with van der Waals surface area (Å²) in [4.78, 5) is 27.5. The van der Waals surface area contributed by atoms with Crippen molar-refractivity contribution in [3.05, 3.63) is 36.0 Å². The molecule has 1 aliphatic rings. The number of carbonyl (C=O) groups is 2. The van der Waals surface area contributed by atoms with Crippen LogP contribution in [0.1, 0.15) is 58.4 Å². The first-order valence-electron chi connectivity index (χ1n) is 10.8. The molecule has 0 saturated heterocycles. The van der Waals surface area contributed by atoms with Gasteiger partial charge in [0.15, 0.2) is 6.61 Å². The first-order chi connectivity index (χ1) is 13.9. The molecule has 0 bridgehead atoms. The Labute approximate surface area is 173 Å². The van der Waals surface area contributed by atoms with Crippen molar-refractivity contribution in [3.8, 4) is 0 Å². The highest BCUT2D eigenvalue weighted by Crippen LogP contribution is 2.35. The third-order valence-electron chi connectivity index (χ3n) is 6.10. The molecule has 1 heterocycles. The molecule has 0 aliphatic heterocycles. The number of esters is 2. The van der Waals surface area contributed by atoms with Crippen molar-refractivity contribution in [2.75, 3.05) is 6.61 Å². The molecule has 29 heavy (non-hydrogen) atoms. The van der Waals surface area contributed by atoms with Crippen molar-refractivity contribution in [1.82, 2.24) is 4.98 Å². The van der Waals surface area contributed by atoms with Crippen LogP contribution in [-0.4, -0.2) is 29.6 Å². The number of aromatic amines is 1. The van der Waals surface area contributed by atoms with Crippen LogP contribution >= 0.6 is 0 Å². The average Bonchev–Trinajstić information content (AvgIpc) is 3.09. The first-order valence-corrected chi connectivity index (χ1v) is 10.8. The standard InChI is InChI=1S/C24H33NO4/c1-16(2)19-12-11-17(3)13-22(19)29-24(27)15-28-23(26)10-6-7-18-14-25-21-9-5-4-8-20(18)21/h4-5,8-9,14,16-17,19,22,25H,6-7,10-13,15H2,1-3H3. The van der Waals surface area contributed by atoms with Gasteiger partial charge in [-0.3, -0.25) is 4.79 Å². The summed E-state index contributed by atoms with van der Waals surface area (Å²) in [5.74, 6) is 0.656. The Morgan fingerprint density at radius 3 is 2.76 bits per heavy atom. The quantitative estimate of drug-likeness (QED) is 0.632. The number of para-hydroxylation sites is 1. The fourth-order valence-corrected chi connectivity index (χ4v) is 4.43. The van der Waals surface area contributed by atoms with E-state index in [4.69, 9.17) is 9.47 Å². The van der Waals surface area contributed by atoms with Gasteiger partial charge in [-0.15, -0.1) is 0 Å². The fraction of sp³-hybridized carbons (Fsp3) is 0.583. The predicted molar refractivity (Wildman–Crippen MR) is 113 cm³/mol. The number of hydrogen-bond acceptors (Lipinski definition) is 4. The Kier molecular flexibility index (Phi) is 7.34. The van der Waals surface area contributed by atoms with E-state index in [-0.39, 0.29) is 18.7 Å². The molecular weight excluding hydrogens is 366 g/mol. The summed E-state index contributed by atoms with van der Waals surface area (Å²) in [6.45, 7) is 6.26. The largest absolute Gasteiger partial charge is 0.460 e. The van der Waals surface area contributed by atoms with Crippen molar-refractivity contribution in [2.45, 2.75) is 65.4 Å². The first kappa shape index (κ1) is 21.4. The molecule has 0 radical (unpaired) electrons. The number of rotatable bonds is 8. The van der Waals surface area contributed by atoms with E-state index in [2.05, 4.69) is 31.8 Å². The second-order valence-corrected chi connectivity index (χ2v) is 8.73. The number of aromatic nitrogens is 1. The monoisotopic (exact) mass is 399 g/mol. The molecule has 0 amide bonds. The molecule has 1 N–H and O–H groups in total. The lowest BCUT2D eigenvalue weighted by atomic mass is 9.75. The maximum atomic E-state index is 12.2. The zero-order valence-electron chi connectivity index (χ0n) is 17.8. The van der Waals surface area contributed by atoms with Crippen LogP contribution in [0.5, 0.6) is 0 Å². The van der Waals surface area contributed by atoms with Gasteiger partial charge in [-0.25, -0.2) is 4.79 Å². The van der Waals surface area contributed by atoms with Gasteiger partial charge in [0.05, 0.1) is 0 Å². The highest BCUT2D eigenvalue weighted by Gasteiger charge is 2.33. The SMILES string of the molecule is CC1CCC(C(C)C)C(OC(=O)COC(=O)CCCc2c[nH]c3ccccc23)C1. The van der Waals surface area contributed by atoms with Crippen LogP contribution in [0.15, 0.2) is 30.5 Å². The second-order valence-electron chi connectivity index (χ2n) is 8.73. The number of ether oxygens (including phenoxy) is 2. The lowest BCUT2D eigenvalue weighted by Crippen LogP contribution is -2.36. The molecule has 0 spiro atoms. The zero-order valence-corrected chi connectivity index (χ0v) is 17.8. The molecule has 1 saturated carbocycles.